The Hall–Kier alpha value is -1.88. The Morgan fingerprint density at radius 2 is 2.22 bits per heavy atom. The Morgan fingerprint density at radius 3 is 2.87 bits per heavy atom. The van der Waals surface area contributed by atoms with Gasteiger partial charge in [-0.1, -0.05) is 24.6 Å². The third kappa shape index (κ3) is 3.39. The third-order valence-electron chi connectivity index (χ3n) is 4.00. The van der Waals surface area contributed by atoms with Crippen molar-refractivity contribution in [2.24, 2.45) is 4.99 Å². The summed E-state index contributed by atoms with van der Waals surface area (Å²) in [6.07, 6.45) is 9.39. The van der Waals surface area contributed by atoms with Gasteiger partial charge in [-0.3, -0.25) is 0 Å². The van der Waals surface area contributed by atoms with Crippen LogP contribution in [0.1, 0.15) is 61.5 Å². The topological polar surface area (TPSA) is 56.5 Å². The number of carbonyl (C=O) groups is 1. The van der Waals surface area contributed by atoms with Gasteiger partial charge in [0.1, 0.15) is 10.7 Å². The first kappa shape index (κ1) is 16.0. The van der Waals surface area contributed by atoms with Crippen molar-refractivity contribution in [1.29, 1.82) is 0 Å². The van der Waals surface area contributed by atoms with Gasteiger partial charge in [0.05, 0.1) is 12.3 Å². The summed E-state index contributed by atoms with van der Waals surface area (Å²) in [5, 5.41) is 5.09. The van der Waals surface area contributed by atoms with E-state index in [1.165, 1.54) is 0 Å². The van der Waals surface area contributed by atoms with Crippen molar-refractivity contribution in [2.45, 2.75) is 45.4 Å². The molecule has 0 N–H and O–H groups in total. The van der Waals surface area contributed by atoms with Gasteiger partial charge >= 0.3 is 5.97 Å². The number of nitrogens with zero attached hydrogens (tertiary/aromatic N) is 3. The molecule has 5 nitrogen and oxygen atoms in total. The average Bonchev–Trinajstić information content (AvgIpc) is 3.31. The molecule has 0 atom stereocenters. The number of hydrogen-bond donors (Lipinski definition) is 0. The minimum Gasteiger partial charge on any atom is -0.462 e. The largest absolute Gasteiger partial charge is 0.462 e. The van der Waals surface area contributed by atoms with Gasteiger partial charge in [0.2, 0.25) is 0 Å². The standard InChI is InChI=1S/C17H20ClN3O2/c1-3-11-6-5-7-14(19-16(11)18)21-10-13(17(22)23-4-2)15(20-21)12-8-9-12/h5,7,10,12H,3-4,6,8-9H2,1-2H3. The number of halogens is 1. The van der Waals surface area contributed by atoms with E-state index in [1.807, 2.05) is 12.2 Å². The molecular weight excluding hydrogens is 314 g/mol. The van der Waals surface area contributed by atoms with Crippen LogP contribution in [0.3, 0.4) is 0 Å². The van der Waals surface area contributed by atoms with Crippen molar-refractivity contribution < 1.29 is 9.53 Å². The minimum absolute atomic E-state index is 0.324. The summed E-state index contributed by atoms with van der Waals surface area (Å²) in [6.45, 7) is 4.21. The van der Waals surface area contributed by atoms with Crippen molar-refractivity contribution >= 4 is 23.4 Å². The highest BCUT2D eigenvalue weighted by atomic mass is 35.5. The van der Waals surface area contributed by atoms with Crippen molar-refractivity contribution in [1.82, 2.24) is 9.78 Å². The van der Waals surface area contributed by atoms with Gasteiger partial charge in [-0.2, -0.15) is 5.10 Å². The number of esters is 1. The lowest BCUT2D eigenvalue weighted by Crippen LogP contribution is -2.10. The molecule has 0 aromatic carbocycles. The zero-order valence-corrected chi connectivity index (χ0v) is 14.1. The number of rotatable bonds is 4. The quantitative estimate of drug-likeness (QED) is 0.618. The fourth-order valence-corrected chi connectivity index (χ4v) is 2.85. The smallest absolute Gasteiger partial charge is 0.341 e. The highest BCUT2D eigenvalue weighted by Crippen LogP contribution is 2.41. The SMILES string of the molecule is CCOC(=O)c1cn(C2=NC(Cl)=C(CC)CC=C2)nc1C1CC1. The van der Waals surface area contributed by atoms with Gasteiger partial charge < -0.3 is 4.74 Å². The van der Waals surface area contributed by atoms with E-state index < -0.39 is 0 Å². The summed E-state index contributed by atoms with van der Waals surface area (Å²) in [4.78, 5) is 16.6. The van der Waals surface area contributed by atoms with E-state index in [9.17, 15) is 4.79 Å². The molecule has 0 radical (unpaired) electrons. The number of ether oxygens (including phenoxy) is 1. The maximum absolute atomic E-state index is 12.2. The van der Waals surface area contributed by atoms with Crippen LogP contribution in [-0.4, -0.2) is 28.2 Å². The molecular formula is C17H20ClN3O2. The number of aromatic nitrogens is 2. The van der Waals surface area contributed by atoms with Crippen LogP contribution in [0.4, 0.5) is 0 Å². The first-order chi connectivity index (χ1) is 11.1. The molecule has 3 rings (SSSR count). The normalized spacial score (nSPS) is 18.0. The Bertz CT molecular complexity index is 711. The van der Waals surface area contributed by atoms with Gasteiger partial charge in [0, 0.05) is 12.1 Å². The van der Waals surface area contributed by atoms with Gasteiger partial charge in [0.15, 0.2) is 5.84 Å². The summed E-state index contributed by atoms with van der Waals surface area (Å²) in [6, 6.07) is 0. The van der Waals surface area contributed by atoms with Crippen molar-refractivity contribution in [2.75, 3.05) is 6.61 Å². The number of hydrogen-bond acceptors (Lipinski definition) is 4. The molecule has 23 heavy (non-hydrogen) atoms. The molecule has 0 bridgehead atoms. The molecule has 1 aromatic rings. The van der Waals surface area contributed by atoms with Gasteiger partial charge in [-0.05, 0) is 44.3 Å². The zero-order valence-electron chi connectivity index (χ0n) is 13.4. The molecule has 0 unspecified atom stereocenters. The van der Waals surface area contributed by atoms with Crippen LogP contribution in [0.5, 0.6) is 0 Å². The van der Waals surface area contributed by atoms with Crippen LogP contribution in [-0.2, 0) is 4.74 Å². The van der Waals surface area contributed by atoms with Gasteiger partial charge in [-0.15, -0.1) is 0 Å². The molecule has 1 aliphatic heterocycles. The van der Waals surface area contributed by atoms with Gasteiger partial charge in [0.25, 0.3) is 0 Å². The summed E-state index contributed by atoms with van der Waals surface area (Å²) in [7, 11) is 0. The Balaban J connectivity index is 1.99. The lowest BCUT2D eigenvalue weighted by atomic mass is 10.1. The van der Waals surface area contributed by atoms with E-state index in [-0.39, 0.29) is 5.97 Å². The van der Waals surface area contributed by atoms with E-state index in [1.54, 1.807) is 17.8 Å². The Morgan fingerprint density at radius 1 is 1.43 bits per heavy atom. The highest BCUT2D eigenvalue weighted by Gasteiger charge is 2.32. The minimum atomic E-state index is -0.324. The molecule has 1 aliphatic carbocycles. The predicted octanol–water partition coefficient (Wildman–Crippen LogP) is 4.00. The average molecular weight is 334 g/mol. The monoisotopic (exact) mass is 333 g/mol. The first-order valence-electron chi connectivity index (χ1n) is 8.03. The van der Waals surface area contributed by atoms with Crippen LogP contribution in [0.2, 0.25) is 0 Å². The first-order valence-corrected chi connectivity index (χ1v) is 8.41. The zero-order chi connectivity index (χ0) is 16.4. The van der Waals surface area contributed by atoms with Crippen LogP contribution < -0.4 is 0 Å². The second-order valence-corrected chi connectivity index (χ2v) is 6.05. The van der Waals surface area contributed by atoms with Crippen LogP contribution >= 0.6 is 11.6 Å². The van der Waals surface area contributed by atoms with Crippen LogP contribution in [0.15, 0.2) is 34.1 Å². The second-order valence-electron chi connectivity index (χ2n) is 5.69. The molecule has 1 fully saturated rings. The molecule has 0 spiro atoms. The third-order valence-corrected chi connectivity index (χ3v) is 4.35. The number of aliphatic imine (C=N–C) groups is 1. The van der Waals surface area contributed by atoms with E-state index in [4.69, 9.17) is 16.3 Å². The highest BCUT2D eigenvalue weighted by molar-refractivity contribution is 6.30. The van der Waals surface area contributed by atoms with Crippen molar-refractivity contribution in [3.63, 3.8) is 0 Å². The lowest BCUT2D eigenvalue weighted by molar-refractivity contribution is 0.0525. The van der Waals surface area contributed by atoms with Crippen molar-refractivity contribution in [3.05, 3.63) is 40.3 Å². The maximum Gasteiger partial charge on any atom is 0.341 e. The molecule has 1 aromatic heterocycles. The summed E-state index contributed by atoms with van der Waals surface area (Å²) in [5.41, 5.74) is 2.43. The van der Waals surface area contributed by atoms with Gasteiger partial charge in [-0.25, -0.2) is 14.5 Å². The molecule has 0 amide bonds. The Kier molecular flexibility index (Phi) is 4.66. The van der Waals surface area contributed by atoms with E-state index in [0.717, 1.165) is 37.0 Å². The second kappa shape index (κ2) is 6.71. The van der Waals surface area contributed by atoms with Crippen LogP contribution in [0, 0.1) is 0 Å². The summed E-state index contributed by atoms with van der Waals surface area (Å²) in [5.74, 6) is 0.647. The van der Waals surface area contributed by atoms with Crippen LogP contribution in [0.25, 0.3) is 0 Å². The number of carbonyl (C=O) groups excluding carboxylic acids is 1. The molecule has 2 heterocycles. The number of allylic oxidation sites excluding steroid dienone is 3. The fourth-order valence-electron chi connectivity index (χ4n) is 2.55. The molecule has 6 heteroatoms. The molecule has 1 saturated carbocycles. The molecule has 122 valence electrons. The lowest BCUT2D eigenvalue weighted by Gasteiger charge is -2.01. The predicted molar refractivity (Wildman–Crippen MR) is 89.9 cm³/mol. The van der Waals surface area contributed by atoms with E-state index in [0.29, 0.717) is 29.1 Å². The molecule has 2 aliphatic rings. The maximum atomic E-state index is 12.2. The summed E-state index contributed by atoms with van der Waals surface area (Å²) >= 11 is 6.29. The summed E-state index contributed by atoms with van der Waals surface area (Å²) < 4.78 is 6.78. The van der Waals surface area contributed by atoms with Crippen molar-refractivity contribution in [3.8, 4) is 0 Å². The Labute approximate surface area is 140 Å². The fraction of sp³-hybridized carbons (Fsp3) is 0.471. The van der Waals surface area contributed by atoms with E-state index >= 15 is 0 Å². The van der Waals surface area contributed by atoms with E-state index in [2.05, 4.69) is 17.0 Å². The molecule has 0 saturated heterocycles.